The second-order valence-electron chi connectivity index (χ2n) is 6.08. The molecule has 4 aromatic rings. The second kappa shape index (κ2) is 7.82. The van der Waals surface area contributed by atoms with E-state index >= 15 is 0 Å². The van der Waals surface area contributed by atoms with Crippen LogP contribution in [0, 0.1) is 0 Å². The number of rotatable bonds is 5. The number of hydrogen-bond donors (Lipinski definition) is 1. The number of halogens is 1. The Bertz CT molecular complexity index is 1140. The minimum atomic E-state index is -0.181. The zero-order valence-electron chi connectivity index (χ0n) is 15.1. The Balaban J connectivity index is 1.57. The summed E-state index contributed by atoms with van der Waals surface area (Å²) in [5.41, 5.74) is 3.51. The summed E-state index contributed by atoms with van der Waals surface area (Å²) in [6.45, 7) is 2.57. The van der Waals surface area contributed by atoms with Gasteiger partial charge in [0.15, 0.2) is 0 Å². The van der Waals surface area contributed by atoms with Gasteiger partial charge in [-0.25, -0.2) is 0 Å². The first-order valence-electron chi connectivity index (χ1n) is 8.79. The van der Waals surface area contributed by atoms with Gasteiger partial charge < -0.3 is 10.1 Å². The summed E-state index contributed by atoms with van der Waals surface area (Å²) >= 11 is 3.38. The molecule has 28 heavy (non-hydrogen) atoms. The van der Waals surface area contributed by atoms with Gasteiger partial charge in [0.25, 0.3) is 5.91 Å². The Morgan fingerprint density at radius 2 is 1.82 bits per heavy atom. The molecule has 0 saturated carbocycles. The van der Waals surface area contributed by atoms with Crippen molar-refractivity contribution in [1.29, 1.82) is 0 Å². The van der Waals surface area contributed by atoms with Gasteiger partial charge in [0.1, 0.15) is 16.8 Å². The van der Waals surface area contributed by atoms with Crippen LogP contribution in [0.4, 0.5) is 5.69 Å². The van der Waals surface area contributed by atoms with Gasteiger partial charge in [-0.2, -0.15) is 4.80 Å². The number of carbonyl (C=O) groups excluding carboxylic acids is 1. The van der Waals surface area contributed by atoms with Gasteiger partial charge in [0.05, 0.1) is 12.3 Å². The monoisotopic (exact) mass is 436 g/mol. The maximum Gasteiger partial charge on any atom is 0.255 e. The van der Waals surface area contributed by atoms with Crippen molar-refractivity contribution in [3.63, 3.8) is 0 Å². The van der Waals surface area contributed by atoms with Crippen LogP contribution >= 0.6 is 15.9 Å². The summed E-state index contributed by atoms with van der Waals surface area (Å²) in [4.78, 5) is 14.0. The Kier molecular flexibility index (Phi) is 5.08. The highest BCUT2D eigenvalue weighted by Gasteiger charge is 2.10. The Labute approximate surface area is 170 Å². The average molecular weight is 437 g/mol. The van der Waals surface area contributed by atoms with E-state index in [4.69, 9.17) is 4.74 Å². The molecule has 0 aliphatic carbocycles. The first-order valence-corrected chi connectivity index (χ1v) is 9.59. The normalized spacial score (nSPS) is 10.8. The second-order valence-corrected chi connectivity index (χ2v) is 7.00. The van der Waals surface area contributed by atoms with Crippen LogP contribution in [-0.4, -0.2) is 27.5 Å². The summed E-state index contributed by atoms with van der Waals surface area (Å²) in [5.74, 6) is 0.625. The third kappa shape index (κ3) is 3.89. The van der Waals surface area contributed by atoms with E-state index in [0.29, 0.717) is 23.4 Å². The summed E-state index contributed by atoms with van der Waals surface area (Å²) in [6.07, 6.45) is 0. The van der Waals surface area contributed by atoms with Gasteiger partial charge in [-0.05, 0) is 67.6 Å². The third-order valence-corrected chi connectivity index (χ3v) is 4.60. The fourth-order valence-electron chi connectivity index (χ4n) is 2.78. The fourth-order valence-corrected chi connectivity index (χ4v) is 3.18. The molecule has 0 fully saturated rings. The molecule has 140 valence electrons. The zero-order valence-corrected chi connectivity index (χ0v) is 16.7. The third-order valence-electron chi connectivity index (χ3n) is 4.10. The molecule has 0 unspecified atom stereocenters. The van der Waals surface area contributed by atoms with Crippen LogP contribution in [0.3, 0.4) is 0 Å². The van der Waals surface area contributed by atoms with Crippen molar-refractivity contribution < 1.29 is 9.53 Å². The van der Waals surface area contributed by atoms with Gasteiger partial charge in [-0.1, -0.05) is 22.0 Å². The van der Waals surface area contributed by atoms with Gasteiger partial charge in [-0.3, -0.25) is 4.79 Å². The van der Waals surface area contributed by atoms with Crippen molar-refractivity contribution in [2.45, 2.75) is 6.92 Å². The molecule has 0 aliphatic heterocycles. The van der Waals surface area contributed by atoms with E-state index in [2.05, 4.69) is 31.4 Å². The number of nitrogens with one attached hydrogen (secondary N) is 1. The van der Waals surface area contributed by atoms with Crippen molar-refractivity contribution in [2.75, 3.05) is 11.9 Å². The molecule has 1 heterocycles. The predicted molar refractivity (Wildman–Crippen MR) is 112 cm³/mol. The van der Waals surface area contributed by atoms with E-state index < -0.39 is 0 Å². The number of ether oxygens (including phenoxy) is 1. The Morgan fingerprint density at radius 1 is 1.04 bits per heavy atom. The molecule has 0 aliphatic rings. The van der Waals surface area contributed by atoms with E-state index in [-0.39, 0.29) is 5.91 Å². The molecule has 7 heteroatoms. The number of aromatic nitrogens is 3. The van der Waals surface area contributed by atoms with Crippen LogP contribution in [-0.2, 0) is 0 Å². The zero-order chi connectivity index (χ0) is 19.5. The lowest BCUT2D eigenvalue weighted by Gasteiger charge is -2.05. The first-order chi connectivity index (χ1) is 13.6. The van der Waals surface area contributed by atoms with Crippen LogP contribution in [0.25, 0.3) is 16.7 Å². The fraction of sp³-hybridized carbons (Fsp3) is 0.0952. The number of fused-ring (bicyclic) bond motifs is 1. The maximum absolute atomic E-state index is 12.4. The minimum Gasteiger partial charge on any atom is -0.494 e. The summed E-state index contributed by atoms with van der Waals surface area (Å²) < 4.78 is 6.31. The molecule has 0 saturated heterocycles. The molecule has 4 rings (SSSR count). The van der Waals surface area contributed by atoms with E-state index in [1.54, 1.807) is 16.9 Å². The molecular formula is C21H17BrN4O2. The van der Waals surface area contributed by atoms with Crippen molar-refractivity contribution >= 4 is 38.6 Å². The molecule has 1 aromatic heterocycles. The van der Waals surface area contributed by atoms with Gasteiger partial charge >= 0.3 is 0 Å². The number of amides is 1. The lowest BCUT2D eigenvalue weighted by Crippen LogP contribution is -2.11. The molecular weight excluding hydrogens is 420 g/mol. The summed E-state index contributed by atoms with van der Waals surface area (Å²) in [5, 5.41) is 11.9. The SMILES string of the molecule is CCOc1ccc(-n2nc3ccc(NC(=O)c4cccc(Br)c4)cc3n2)cc1. The Hall–Kier alpha value is -3.19. The number of nitrogens with zero attached hydrogens (tertiary/aromatic N) is 3. The van der Waals surface area contributed by atoms with E-state index in [1.807, 2.05) is 61.5 Å². The topological polar surface area (TPSA) is 69.0 Å². The lowest BCUT2D eigenvalue weighted by molar-refractivity contribution is 0.102. The van der Waals surface area contributed by atoms with Crippen LogP contribution in [0.1, 0.15) is 17.3 Å². The number of hydrogen-bond acceptors (Lipinski definition) is 4. The molecule has 0 atom stereocenters. The highest BCUT2D eigenvalue weighted by atomic mass is 79.9. The predicted octanol–water partition coefficient (Wildman–Crippen LogP) is 4.83. The molecule has 0 radical (unpaired) electrons. The van der Waals surface area contributed by atoms with Crippen LogP contribution in [0.2, 0.25) is 0 Å². The molecule has 1 N–H and O–H groups in total. The van der Waals surface area contributed by atoms with E-state index in [1.165, 1.54) is 0 Å². The van der Waals surface area contributed by atoms with Crippen LogP contribution < -0.4 is 10.1 Å². The number of benzene rings is 3. The van der Waals surface area contributed by atoms with Gasteiger partial charge in [0.2, 0.25) is 0 Å². The lowest BCUT2D eigenvalue weighted by atomic mass is 10.2. The molecule has 6 nitrogen and oxygen atoms in total. The standard InChI is InChI=1S/C21H17BrN4O2/c1-2-28-18-9-7-17(8-10-18)26-24-19-11-6-16(13-20(19)25-26)23-21(27)14-4-3-5-15(22)12-14/h3-13H,2H2,1H3,(H,23,27). The summed E-state index contributed by atoms with van der Waals surface area (Å²) in [6, 6.07) is 20.3. The molecule has 1 amide bonds. The summed E-state index contributed by atoms with van der Waals surface area (Å²) in [7, 11) is 0. The van der Waals surface area contributed by atoms with Crippen LogP contribution in [0.5, 0.6) is 5.75 Å². The highest BCUT2D eigenvalue weighted by molar-refractivity contribution is 9.10. The van der Waals surface area contributed by atoms with Crippen molar-refractivity contribution in [1.82, 2.24) is 15.0 Å². The van der Waals surface area contributed by atoms with Crippen molar-refractivity contribution in [3.05, 3.63) is 76.8 Å². The minimum absolute atomic E-state index is 0.181. The Morgan fingerprint density at radius 3 is 2.57 bits per heavy atom. The number of anilines is 1. The maximum atomic E-state index is 12.4. The first kappa shape index (κ1) is 18.2. The highest BCUT2D eigenvalue weighted by Crippen LogP contribution is 2.20. The van der Waals surface area contributed by atoms with Gasteiger partial charge in [-0.15, -0.1) is 10.2 Å². The van der Waals surface area contributed by atoms with Gasteiger partial charge in [0, 0.05) is 15.7 Å². The smallest absolute Gasteiger partial charge is 0.255 e. The molecule has 0 spiro atoms. The van der Waals surface area contributed by atoms with E-state index in [0.717, 1.165) is 21.4 Å². The van der Waals surface area contributed by atoms with Crippen LogP contribution in [0.15, 0.2) is 71.2 Å². The van der Waals surface area contributed by atoms with Crippen molar-refractivity contribution in [2.24, 2.45) is 0 Å². The average Bonchev–Trinajstić information content (AvgIpc) is 3.12. The van der Waals surface area contributed by atoms with E-state index in [9.17, 15) is 4.79 Å². The quantitative estimate of drug-likeness (QED) is 0.486. The largest absolute Gasteiger partial charge is 0.494 e. The van der Waals surface area contributed by atoms with Crippen molar-refractivity contribution in [3.8, 4) is 11.4 Å². The number of carbonyl (C=O) groups is 1. The molecule has 3 aromatic carbocycles. The molecule has 0 bridgehead atoms.